The Morgan fingerprint density at radius 1 is 1.14 bits per heavy atom. The van der Waals surface area contributed by atoms with E-state index in [9.17, 15) is 0 Å². The molecule has 0 aliphatic rings. The topological polar surface area (TPSA) is 9.23 Å². The number of unbranched alkanes of at least 4 members (excludes halogenated alkanes) is 3. The molecular weight excluding hydrogens is 240 g/mol. The van der Waals surface area contributed by atoms with Crippen molar-refractivity contribution >= 4 is 15.9 Å². The Balaban J connectivity index is 3.23. The molecule has 1 nitrogen and oxygen atoms in total. The summed E-state index contributed by atoms with van der Waals surface area (Å²) in [6, 6.07) is 0. The van der Waals surface area contributed by atoms with Gasteiger partial charge in [0.05, 0.1) is 12.7 Å². The van der Waals surface area contributed by atoms with Crippen molar-refractivity contribution in [1.29, 1.82) is 0 Å². The fourth-order valence-corrected chi connectivity index (χ4v) is 1.50. The van der Waals surface area contributed by atoms with Gasteiger partial charge in [0, 0.05) is 5.33 Å². The van der Waals surface area contributed by atoms with Gasteiger partial charge in [-0.2, -0.15) is 0 Å². The van der Waals surface area contributed by atoms with E-state index in [1.165, 1.54) is 32.1 Å². The number of alkyl halides is 1. The molecule has 86 valence electrons. The molecule has 14 heavy (non-hydrogen) atoms. The van der Waals surface area contributed by atoms with Crippen molar-refractivity contribution in [2.24, 2.45) is 5.92 Å². The summed E-state index contributed by atoms with van der Waals surface area (Å²) in [5, 5.41) is 1.04. The van der Waals surface area contributed by atoms with E-state index < -0.39 is 0 Å². The molecular formula is C12H25BrO. The quantitative estimate of drug-likeness (QED) is 0.443. The van der Waals surface area contributed by atoms with E-state index in [0.29, 0.717) is 12.0 Å². The Morgan fingerprint density at radius 2 is 1.86 bits per heavy atom. The molecule has 0 rings (SSSR count). The van der Waals surface area contributed by atoms with Gasteiger partial charge in [0.2, 0.25) is 0 Å². The van der Waals surface area contributed by atoms with Gasteiger partial charge in [-0.1, -0.05) is 55.5 Å². The maximum absolute atomic E-state index is 5.74. The molecule has 0 heterocycles. The Morgan fingerprint density at radius 3 is 2.43 bits per heavy atom. The average molecular weight is 265 g/mol. The van der Waals surface area contributed by atoms with E-state index in [1.807, 2.05) is 0 Å². The number of halogens is 1. The molecule has 0 amide bonds. The maximum Gasteiger partial charge on any atom is 0.0547 e. The molecule has 0 radical (unpaired) electrons. The summed E-state index contributed by atoms with van der Waals surface area (Å²) in [5.74, 6) is 0.632. The second-order valence-electron chi connectivity index (χ2n) is 4.25. The third-order valence-corrected chi connectivity index (χ3v) is 3.50. The SMILES string of the molecule is CCCCCCC(C)OCC(C)CBr. The van der Waals surface area contributed by atoms with E-state index in [1.54, 1.807) is 0 Å². The van der Waals surface area contributed by atoms with E-state index in [-0.39, 0.29) is 0 Å². The van der Waals surface area contributed by atoms with Gasteiger partial charge in [-0.25, -0.2) is 0 Å². The highest BCUT2D eigenvalue weighted by molar-refractivity contribution is 9.09. The van der Waals surface area contributed by atoms with Crippen molar-refractivity contribution in [3.05, 3.63) is 0 Å². The smallest absolute Gasteiger partial charge is 0.0547 e. The van der Waals surface area contributed by atoms with Gasteiger partial charge in [-0.05, 0) is 19.3 Å². The molecule has 0 aliphatic carbocycles. The van der Waals surface area contributed by atoms with Gasteiger partial charge in [0.1, 0.15) is 0 Å². The van der Waals surface area contributed by atoms with Crippen LogP contribution >= 0.6 is 15.9 Å². The van der Waals surface area contributed by atoms with Crippen LogP contribution in [-0.2, 0) is 4.74 Å². The summed E-state index contributed by atoms with van der Waals surface area (Å²) < 4.78 is 5.74. The van der Waals surface area contributed by atoms with Crippen LogP contribution in [0.1, 0.15) is 52.9 Å². The zero-order valence-corrected chi connectivity index (χ0v) is 11.5. The van der Waals surface area contributed by atoms with Crippen molar-refractivity contribution in [3.8, 4) is 0 Å². The largest absolute Gasteiger partial charge is 0.378 e. The van der Waals surface area contributed by atoms with Crippen molar-refractivity contribution in [3.63, 3.8) is 0 Å². The lowest BCUT2D eigenvalue weighted by molar-refractivity contribution is 0.0420. The van der Waals surface area contributed by atoms with E-state index in [2.05, 4.69) is 36.7 Å². The van der Waals surface area contributed by atoms with E-state index in [0.717, 1.165) is 11.9 Å². The highest BCUT2D eigenvalue weighted by atomic mass is 79.9. The molecule has 2 heteroatoms. The number of hydrogen-bond donors (Lipinski definition) is 0. The highest BCUT2D eigenvalue weighted by Crippen LogP contribution is 2.09. The van der Waals surface area contributed by atoms with Crippen molar-refractivity contribution in [2.75, 3.05) is 11.9 Å². The molecule has 2 unspecified atom stereocenters. The third kappa shape index (κ3) is 9.01. The summed E-state index contributed by atoms with van der Waals surface area (Å²) in [6.45, 7) is 7.53. The Hall–Kier alpha value is 0.440. The van der Waals surface area contributed by atoms with Gasteiger partial charge in [0.25, 0.3) is 0 Å². The van der Waals surface area contributed by atoms with Gasteiger partial charge >= 0.3 is 0 Å². The Bertz CT molecular complexity index is 117. The van der Waals surface area contributed by atoms with Gasteiger partial charge in [-0.15, -0.1) is 0 Å². The Labute approximate surface area is 97.7 Å². The summed E-state index contributed by atoms with van der Waals surface area (Å²) in [7, 11) is 0. The monoisotopic (exact) mass is 264 g/mol. The Kier molecular flexibility index (Phi) is 10.3. The summed E-state index contributed by atoms with van der Waals surface area (Å²) in [6.07, 6.45) is 7.01. The first-order chi connectivity index (χ1) is 6.70. The summed E-state index contributed by atoms with van der Waals surface area (Å²) >= 11 is 3.46. The van der Waals surface area contributed by atoms with Crippen LogP contribution in [0.2, 0.25) is 0 Å². The van der Waals surface area contributed by atoms with Crippen LogP contribution in [0.25, 0.3) is 0 Å². The summed E-state index contributed by atoms with van der Waals surface area (Å²) in [4.78, 5) is 0. The van der Waals surface area contributed by atoms with Crippen LogP contribution in [0.4, 0.5) is 0 Å². The fraction of sp³-hybridized carbons (Fsp3) is 1.00. The number of rotatable bonds is 9. The molecule has 0 aromatic rings. The molecule has 0 aromatic carbocycles. The van der Waals surface area contributed by atoms with Gasteiger partial charge < -0.3 is 4.74 Å². The lowest BCUT2D eigenvalue weighted by Gasteiger charge is -2.15. The predicted molar refractivity (Wildman–Crippen MR) is 67.1 cm³/mol. The van der Waals surface area contributed by atoms with Crippen molar-refractivity contribution in [2.45, 2.75) is 59.0 Å². The van der Waals surface area contributed by atoms with Crippen LogP contribution in [0, 0.1) is 5.92 Å². The molecule has 2 atom stereocenters. The second-order valence-corrected chi connectivity index (χ2v) is 4.90. The van der Waals surface area contributed by atoms with Crippen LogP contribution in [0.3, 0.4) is 0 Å². The molecule has 0 N–H and O–H groups in total. The van der Waals surface area contributed by atoms with Crippen molar-refractivity contribution in [1.82, 2.24) is 0 Å². The zero-order chi connectivity index (χ0) is 10.8. The maximum atomic E-state index is 5.74. The van der Waals surface area contributed by atoms with Crippen LogP contribution in [-0.4, -0.2) is 18.0 Å². The fourth-order valence-electron chi connectivity index (χ4n) is 1.31. The van der Waals surface area contributed by atoms with E-state index in [4.69, 9.17) is 4.74 Å². The van der Waals surface area contributed by atoms with Gasteiger partial charge in [0.15, 0.2) is 0 Å². The molecule has 0 aromatic heterocycles. The highest BCUT2D eigenvalue weighted by Gasteiger charge is 2.05. The number of ether oxygens (including phenoxy) is 1. The first kappa shape index (κ1) is 14.4. The third-order valence-electron chi connectivity index (χ3n) is 2.39. The number of hydrogen-bond acceptors (Lipinski definition) is 1. The molecule has 0 saturated carbocycles. The molecule has 0 spiro atoms. The molecule has 0 aliphatic heterocycles. The van der Waals surface area contributed by atoms with Crippen LogP contribution in [0.15, 0.2) is 0 Å². The van der Waals surface area contributed by atoms with Crippen LogP contribution < -0.4 is 0 Å². The minimum Gasteiger partial charge on any atom is -0.378 e. The molecule has 0 fully saturated rings. The molecule has 0 bridgehead atoms. The minimum absolute atomic E-state index is 0.438. The normalized spacial score (nSPS) is 15.4. The standard InChI is InChI=1S/C12H25BrO/c1-4-5-6-7-8-12(3)14-10-11(2)9-13/h11-12H,4-10H2,1-3H3. The predicted octanol–water partition coefficient (Wildman–Crippen LogP) is 4.39. The molecule has 0 saturated heterocycles. The van der Waals surface area contributed by atoms with Crippen LogP contribution in [0.5, 0.6) is 0 Å². The minimum atomic E-state index is 0.438. The first-order valence-electron chi connectivity index (χ1n) is 5.88. The first-order valence-corrected chi connectivity index (χ1v) is 7.00. The zero-order valence-electron chi connectivity index (χ0n) is 9.89. The lowest BCUT2D eigenvalue weighted by atomic mass is 10.1. The van der Waals surface area contributed by atoms with Crippen molar-refractivity contribution < 1.29 is 4.74 Å². The second kappa shape index (κ2) is 9.97. The summed E-state index contributed by atoms with van der Waals surface area (Å²) in [5.41, 5.74) is 0. The van der Waals surface area contributed by atoms with E-state index >= 15 is 0 Å². The lowest BCUT2D eigenvalue weighted by Crippen LogP contribution is -2.14. The average Bonchev–Trinajstić information content (AvgIpc) is 2.21. The van der Waals surface area contributed by atoms with Gasteiger partial charge in [-0.3, -0.25) is 0 Å².